The Balaban J connectivity index is 1.57. The van der Waals surface area contributed by atoms with Gasteiger partial charge in [-0.3, -0.25) is 9.48 Å². The quantitative estimate of drug-likeness (QED) is 0.388. The molecule has 0 radical (unpaired) electrons. The van der Waals surface area contributed by atoms with Crippen LogP contribution in [0.2, 0.25) is 0 Å². The van der Waals surface area contributed by atoms with Crippen LogP contribution < -0.4 is 10.6 Å². The van der Waals surface area contributed by atoms with Gasteiger partial charge in [0.15, 0.2) is 5.82 Å². The number of nitrogens with zero attached hydrogens (tertiary/aromatic N) is 2. The zero-order valence-corrected chi connectivity index (χ0v) is 19.5. The molecule has 178 valence electrons. The number of aromatic nitrogens is 2. The molecule has 8 nitrogen and oxygen atoms in total. The first kappa shape index (κ1) is 22.6. The molecule has 2 aromatic carbocycles. The highest BCUT2D eigenvalue weighted by molar-refractivity contribution is 6.12. The zero-order valence-electron chi connectivity index (χ0n) is 19.5. The number of carbonyl (C=O) groups is 2. The number of benzene rings is 2. The Morgan fingerprint density at radius 1 is 1.11 bits per heavy atom. The molecule has 3 unspecified atom stereocenters. The maximum absolute atomic E-state index is 13.4. The summed E-state index contributed by atoms with van der Waals surface area (Å²) in [5, 5.41) is 10.5. The Kier molecular flexibility index (Phi) is 5.96. The van der Waals surface area contributed by atoms with E-state index >= 15 is 0 Å². The van der Waals surface area contributed by atoms with Gasteiger partial charge in [-0.2, -0.15) is 5.10 Å². The second kappa shape index (κ2) is 9.23. The first-order chi connectivity index (χ1) is 17.0. The van der Waals surface area contributed by atoms with E-state index in [4.69, 9.17) is 9.47 Å². The predicted octanol–water partition coefficient (Wildman–Crippen LogP) is 3.26. The van der Waals surface area contributed by atoms with E-state index in [1.807, 2.05) is 72.8 Å². The number of esters is 1. The average Bonchev–Trinajstić information content (AvgIpc) is 3.58. The molecule has 2 N–H and O–H groups in total. The number of hydrogen-bond acceptors (Lipinski definition) is 6. The third-order valence-electron chi connectivity index (χ3n) is 6.29. The van der Waals surface area contributed by atoms with E-state index in [9.17, 15) is 9.59 Å². The van der Waals surface area contributed by atoms with Crippen LogP contribution in [0.5, 0.6) is 0 Å². The molecule has 0 spiro atoms. The molecule has 0 saturated heterocycles. The summed E-state index contributed by atoms with van der Waals surface area (Å²) in [5.74, 6) is -0.660. The van der Waals surface area contributed by atoms with E-state index in [0.717, 1.165) is 11.3 Å². The molecular formula is C27H26N4O4. The molecule has 0 fully saturated rings. The summed E-state index contributed by atoms with van der Waals surface area (Å²) in [5.41, 5.74) is 1.17. The lowest BCUT2D eigenvalue weighted by Crippen LogP contribution is -2.49. The molecule has 1 amide bonds. The van der Waals surface area contributed by atoms with Gasteiger partial charge in [0, 0.05) is 25.0 Å². The topological polar surface area (TPSA) is 94.5 Å². The number of methoxy groups -OCH3 is 1. The zero-order chi connectivity index (χ0) is 24.4. The number of rotatable bonds is 8. The SMILES string of the molecule is COC(=O)C1=C(C(=O)Nc2ccn(C)n2)C2C=CC1(C(Cc1ccccc1)Nc1ccccc1)O2. The molecule has 1 aromatic heterocycles. The van der Waals surface area contributed by atoms with E-state index in [2.05, 4.69) is 15.7 Å². The van der Waals surface area contributed by atoms with Crippen molar-refractivity contribution in [3.05, 3.63) is 102 Å². The first-order valence-corrected chi connectivity index (χ1v) is 11.4. The molecule has 2 bridgehead atoms. The first-order valence-electron chi connectivity index (χ1n) is 11.4. The minimum absolute atomic E-state index is 0.199. The second-order valence-electron chi connectivity index (χ2n) is 8.55. The van der Waals surface area contributed by atoms with E-state index in [-0.39, 0.29) is 11.1 Å². The smallest absolute Gasteiger partial charge is 0.337 e. The van der Waals surface area contributed by atoms with Gasteiger partial charge in [-0.1, -0.05) is 54.6 Å². The summed E-state index contributed by atoms with van der Waals surface area (Å²) < 4.78 is 13.2. The van der Waals surface area contributed by atoms with Gasteiger partial charge in [-0.05, 0) is 30.2 Å². The lowest BCUT2D eigenvalue weighted by Gasteiger charge is -2.36. The van der Waals surface area contributed by atoms with Crippen LogP contribution in [0.1, 0.15) is 5.56 Å². The molecule has 8 heteroatoms. The van der Waals surface area contributed by atoms with Crippen LogP contribution in [0.3, 0.4) is 0 Å². The van der Waals surface area contributed by atoms with Crippen molar-refractivity contribution in [1.82, 2.24) is 9.78 Å². The Hall–Kier alpha value is -4.17. The number of aryl methyl sites for hydroxylation is 1. The minimum atomic E-state index is -1.19. The normalized spacial score (nSPS) is 21.1. The van der Waals surface area contributed by atoms with Gasteiger partial charge in [0.05, 0.1) is 24.3 Å². The van der Waals surface area contributed by atoms with E-state index < -0.39 is 29.6 Å². The van der Waals surface area contributed by atoms with E-state index in [0.29, 0.717) is 12.2 Å². The molecule has 2 aliphatic heterocycles. The van der Waals surface area contributed by atoms with Gasteiger partial charge in [0.2, 0.25) is 0 Å². The van der Waals surface area contributed by atoms with Gasteiger partial charge in [0.1, 0.15) is 11.7 Å². The standard InChI is InChI=1S/C27H26N4O4/c1-31-16-14-22(30-31)29-25(32)23-20-13-15-27(35-20,24(23)26(33)34-2)21(17-18-9-5-3-6-10-18)28-19-11-7-4-8-12-19/h3-16,20-21,28H,17H2,1-2H3,(H,29,30,32). The number of amides is 1. The lowest BCUT2D eigenvalue weighted by atomic mass is 9.79. The molecule has 35 heavy (non-hydrogen) atoms. The second-order valence-corrected chi connectivity index (χ2v) is 8.55. The summed E-state index contributed by atoms with van der Waals surface area (Å²) in [4.78, 5) is 26.5. The van der Waals surface area contributed by atoms with Crippen LogP contribution in [0.25, 0.3) is 0 Å². The number of para-hydroxylation sites is 1. The molecule has 3 aromatic rings. The van der Waals surface area contributed by atoms with Crippen LogP contribution in [-0.4, -0.2) is 46.5 Å². The molecule has 3 atom stereocenters. The van der Waals surface area contributed by atoms with Crippen molar-refractivity contribution in [1.29, 1.82) is 0 Å². The molecular weight excluding hydrogens is 444 g/mol. The fourth-order valence-corrected chi connectivity index (χ4v) is 4.72. The number of hydrogen-bond donors (Lipinski definition) is 2. The summed E-state index contributed by atoms with van der Waals surface area (Å²) in [7, 11) is 3.07. The minimum Gasteiger partial charge on any atom is -0.466 e. The van der Waals surface area contributed by atoms with Crippen molar-refractivity contribution in [2.45, 2.75) is 24.2 Å². The van der Waals surface area contributed by atoms with Crippen LogP contribution in [0, 0.1) is 0 Å². The number of carbonyl (C=O) groups excluding carboxylic acids is 2. The third kappa shape index (κ3) is 4.24. The highest BCUT2D eigenvalue weighted by atomic mass is 16.5. The van der Waals surface area contributed by atoms with Gasteiger partial charge >= 0.3 is 5.97 Å². The van der Waals surface area contributed by atoms with Gasteiger partial charge in [0.25, 0.3) is 5.91 Å². The number of ether oxygens (including phenoxy) is 2. The van der Waals surface area contributed by atoms with E-state index in [1.54, 1.807) is 24.0 Å². The number of fused-ring (bicyclic) bond motifs is 2. The van der Waals surface area contributed by atoms with Gasteiger partial charge < -0.3 is 20.1 Å². The number of nitrogens with one attached hydrogen (secondary N) is 2. The molecule has 0 aliphatic carbocycles. The van der Waals surface area contributed by atoms with E-state index in [1.165, 1.54) is 7.11 Å². The van der Waals surface area contributed by atoms with Crippen molar-refractivity contribution in [2.24, 2.45) is 7.05 Å². The molecule has 5 rings (SSSR count). The van der Waals surface area contributed by atoms with Crippen molar-refractivity contribution in [3.63, 3.8) is 0 Å². The number of anilines is 2. The van der Waals surface area contributed by atoms with Crippen molar-refractivity contribution in [2.75, 3.05) is 17.7 Å². The van der Waals surface area contributed by atoms with Crippen molar-refractivity contribution < 1.29 is 19.1 Å². The lowest BCUT2D eigenvalue weighted by molar-refractivity contribution is -0.138. The Morgan fingerprint density at radius 2 is 1.83 bits per heavy atom. The molecule has 0 saturated carbocycles. The summed E-state index contributed by atoms with van der Waals surface area (Å²) in [6.07, 6.45) is 5.28. The Morgan fingerprint density at radius 3 is 2.49 bits per heavy atom. The highest BCUT2D eigenvalue weighted by Gasteiger charge is 2.58. The Labute approximate surface area is 203 Å². The highest BCUT2D eigenvalue weighted by Crippen LogP contribution is 2.47. The summed E-state index contributed by atoms with van der Waals surface area (Å²) in [6, 6.07) is 21.0. The van der Waals surface area contributed by atoms with Crippen molar-refractivity contribution in [3.8, 4) is 0 Å². The summed E-state index contributed by atoms with van der Waals surface area (Å²) in [6.45, 7) is 0. The van der Waals surface area contributed by atoms with Crippen LogP contribution in [0.15, 0.2) is 96.2 Å². The Bertz CT molecular complexity index is 1260. The maximum Gasteiger partial charge on any atom is 0.337 e. The molecule has 2 aliphatic rings. The van der Waals surface area contributed by atoms with Crippen LogP contribution in [0.4, 0.5) is 11.5 Å². The average molecular weight is 471 g/mol. The van der Waals surface area contributed by atoms with Gasteiger partial charge in [-0.25, -0.2) is 4.79 Å². The third-order valence-corrected chi connectivity index (χ3v) is 6.29. The van der Waals surface area contributed by atoms with Crippen molar-refractivity contribution >= 4 is 23.4 Å². The monoisotopic (exact) mass is 470 g/mol. The largest absolute Gasteiger partial charge is 0.466 e. The van der Waals surface area contributed by atoms with Crippen LogP contribution >= 0.6 is 0 Å². The fraction of sp³-hybridized carbons (Fsp3) is 0.222. The maximum atomic E-state index is 13.4. The van der Waals surface area contributed by atoms with Crippen LogP contribution in [-0.2, 0) is 32.5 Å². The predicted molar refractivity (Wildman–Crippen MR) is 132 cm³/mol. The molecule has 3 heterocycles. The van der Waals surface area contributed by atoms with Gasteiger partial charge in [-0.15, -0.1) is 0 Å². The summed E-state index contributed by atoms with van der Waals surface area (Å²) >= 11 is 0. The fourth-order valence-electron chi connectivity index (χ4n) is 4.72.